The van der Waals surface area contributed by atoms with Crippen LogP contribution in [0.1, 0.15) is 24.3 Å². The van der Waals surface area contributed by atoms with E-state index in [1.807, 2.05) is 6.92 Å². The van der Waals surface area contributed by atoms with Crippen molar-refractivity contribution in [1.29, 1.82) is 0 Å². The first-order valence-electron chi connectivity index (χ1n) is 5.80. The number of aromatic nitrogens is 2. The molecule has 2 aromatic rings. The van der Waals surface area contributed by atoms with Crippen molar-refractivity contribution in [2.75, 3.05) is 7.11 Å². The van der Waals surface area contributed by atoms with Gasteiger partial charge in [0, 0.05) is 16.6 Å². The molecule has 102 valence electrons. The molecular weight excluding hydrogens is 287 g/mol. The maximum absolute atomic E-state index is 10.5. The van der Waals surface area contributed by atoms with Gasteiger partial charge in [-0.1, -0.05) is 23.2 Å². The van der Waals surface area contributed by atoms with Crippen LogP contribution in [0.25, 0.3) is 0 Å². The second-order valence-electron chi connectivity index (χ2n) is 4.02. The monoisotopic (exact) mass is 300 g/mol. The molecule has 1 N–H and O–H groups in total. The number of aliphatic hydroxyl groups excluding tert-OH is 1. The average molecular weight is 301 g/mol. The second kappa shape index (κ2) is 5.82. The van der Waals surface area contributed by atoms with Gasteiger partial charge in [-0.3, -0.25) is 4.68 Å². The molecule has 0 radical (unpaired) electrons. The molecule has 2 rings (SSSR count). The molecule has 6 heteroatoms. The van der Waals surface area contributed by atoms with Crippen LogP contribution in [0.4, 0.5) is 0 Å². The summed E-state index contributed by atoms with van der Waals surface area (Å²) >= 11 is 11.9. The Bertz CT molecular complexity index is 542. The third-order valence-corrected chi connectivity index (χ3v) is 3.26. The molecule has 0 fully saturated rings. The molecule has 0 saturated carbocycles. The van der Waals surface area contributed by atoms with Crippen LogP contribution in [0.3, 0.4) is 0 Å². The van der Waals surface area contributed by atoms with E-state index in [0.29, 0.717) is 33.6 Å². The van der Waals surface area contributed by atoms with Crippen molar-refractivity contribution in [2.24, 2.45) is 0 Å². The Kier molecular flexibility index (Phi) is 4.34. The number of rotatable bonds is 4. The van der Waals surface area contributed by atoms with Crippen molar-refractivity contribution in [1.82, 2.24) is 9.78 Å². The Morgan fingerprint density at radius 2 is 1.95 bits per heavy atom. The second-order valence-corrected chi connectivity index (χ2v) is 4.89. The van der Waals surface area contributed by atoms with E-state index in [9.17, 15) is 5.11 Å². The Hall–Kier alpha value is -1.23. The van der Waals surface area contributed by atoms with Gasteiger partial charge in [0.15, 0.2) is 5.75 Å². The SMILES string of the molecule is CCn1ncc(OC)c1C(O)c1cc(Cl)cc(Cl)c1. The molecule has 1 unspecified atom stereocenters. The maximum Gasteiger partial charge on any atom is 0.163 e. The van der Waals surface area contributed by atoms with Crippen molar-refractivity contribution in [3.8, 4) is 5.75 Å². The molecular formula is C13H14Cl2N2O2. The molecule has 1 heterocycles. The summed E-state index contributed by atoms with van der Waals surface area (Å²) in [6.45, 7) is 2.57. The van der Waals surface area contributed by atoms with E-state index in [2.05, 4.69) is 5.10 Å². The lowest BCUT2D eigenvalue weighted by atomic mass is 10.1. The zero-order valence-corrected chi connectivity index (χ0v) is 12.1. The van der Waals surface area contributed by atoms with Crippen molar-refractivity contribution in [3.63, 3.8) is 0 Å². The summed E-state index contributed by atoms with van der Waals surface area (Å²) in [6.07, 6.45) is 0.683. The molecule has 0 amide bonds. The van der Waals surface area contributed by atoms with E-state index >= 15 is 0 Å². The van der Waals surface area contributed by atoms with Crippen molar-refractivity contribution in [2.45, 2.75) is 19.6 Å². The van der Waals surface area contributed by atoms with E-state index in [4.69, 9.17) is 27.9 Å². The van der Waals surface area contributed by atoms with Crippen LogP contribution >= 0.6 is 23.2 Å². The summed E-state index contributed by atoms with van der Waals surface area (Å²) in [6, 6.07) is 4.96. The molecule has 0 aliphatic carbocycles. The number of nitrogens with zero attached hydrogens (tertiary/aromatic N) is 2. The fraction of sp³-hybridized carbons (Fsp3) is 0.308. The highest BCUT2D eigenvalue weighted by Crippen LogP contribution is 2.32. The fourth-order valence-corrected chi connectivity index (χ4v) is 2.50. The third kappa shape index (κ3) is 2.86. The summed E-state index contributed by atoms with van der Waals surface area (Å²) in [5.74, 6) is 0.533. The topological polar surface area (TPSA) is 47.3 Å². The minimum absolute atomic E-state index is 0.475. The number of halogens is 2. The number of aryl methyl sites for hydroxylation is 1. The minimum Gasteiger partial charge on any atom is -0.493 e. The van der Waals surface area contributed by atoms with Crippen LogP contribution in [0.15, 0.2) is 24.4 Å². The van der Waals surface area contributed by atoms with E-state index < -0.39 is 6.10 Å². The van der Waals surface area contributed by atoms with Gasteiger partial charge in [-0.05, 0) is 30.7 Å². The number of hydrogen-bond acceptors (Lipinski definition) is 3. The number of ether oxygens (including phenoxy) is 1. The number of methoxy groups -OCH3 is 1. The van der Waals surface area contributed by atoms with E-state index in [1.54, 1.807) is 29.1 Å². The van der Waals surface area contributed by atoms with Gasteiger partial charge >= 0.3 is 0 Å². The quantitative estimate of drug-likeness (QED) is 0.942. The number of aliphatic hydroxyl groups is 1. The third-order valence-electron chi connectivity index (χ3n) is 2.82. The molecule has 0 saturated heterocycles. The normalized spacial score (nSPS) is 12.5. The Labute approximate surface area is 121 Å². The molecule has 0 bridgehead atoms. The van der Waals surface area contributed by atoms with Gasteiger partial charge in [0.1, 0.15) is 11.8 Å². The van der Waals surface area contributed by atoms with Crippen LogP contribution in [0, 0.1) is 0 Å². The van der Waals surface area contributed by atoms with Crippen molar-refractivity contribution < 1.29 is 9.84 Å². The highest BCUT2D eigenvalue weighted by Gasteiger charge is 2.21. The van der Waals surface area contributed by atoms with Gasteiger partial charge in [0.25, 0.3) is 0 Å². The Morgan fingerprint density at radius 3 is 2.47 bits per heavy atom. The van der Waals surface area contributed by atoms with Crippen molar-refractivity contribution in [3.05, 3.63) is 45.7 Å². The summed E-state index contributed by atoms with van der Waals surface area (Å²) < 4.78 is 6.90. The van der Waals surface area contributed by atoms with Gasteiger partial charge in [-0.2, -0.15) is 5.10 Å². The highest BCUT2D eigenvalue weighted by atomic mass is 35.5. The van der Waals surface area contributed by atoms with Gasteiger partial charge in [0.2, 0.25) is 0 Å². The van der Waals surface area contributed by atoms with Crippen LogP contribution < -0.4 is 4.74 Å². The van der Waals surface area contributed by atoms with Crippen LogP contribution in [-0.4, -0.2) is 22.0 Å². The molecule has 0 aliphatic heterocycles. The zero-order valence-electron chi connectivity index (χ0n) is 10.6. The van der Waals surface area contributed by atoms with Gasteiger partial charge < -0.3 is 9.84 Å². The van der Waals surface area contributed by atoms with Crippen molar-refractivity contribution >= 4 is 23.2 Å². The lowest BCUT2D eigenvalue weighted by molar-refractivity contribution is 0.202. The lowest BCUT2D eigenvalue weighted by Gasteiger charge is -2.15. The van der Waals surface area contributed by atoms with Gasteiger partial charge in [0.05, 0.1) is 13.3 Å². The zero-order chi connectivity index (χ0) is 14.0. The summed E-state index contributed by atoms with van der Waals surface area (Å²) in [4.78, 5) is 0. The molecule has 1 atom stereocenters. The maximum atomic E-state index is 10.5. The molecule has 1 aromatic carbocycles. The predicted octanol–water partition coefficient (Wildman–Crippen LogP) is 3.30. The Morgan fingerprint density at radius 1 is 1.32 bits per heavy atom. The minimum atomic E-state index is -0.895. The lowest BCUT2D eigenvalue weighted by Crippen LogP contribution is -2.10. The van der Waals surface area contributed by atoms with E-state index in [-0.39, 0.29) is 0 Å². The molecule has 0 aliphatic rings. The summed E-state index contributed by atoms with van der Waals surface area (Å²) in [5.41, 5.74) is 1.19. The molecule has 0 spiro atoms. The highest BCUT2D eigenvalue weighted by molar-refractivity contribution is 6.34. The smallest absolute Gasteiger partial charge is 0.163 e. The largest absolute Gasteiger partial charge is 0.493 e. The first kappa shape index (κ1) is 14.2. The summed E-state index contributed by atoms with van der Waals surface area (Å²) in [7, 11) is 1.54. The van der Waals surface area contributed by atoms with E-state index in [0.717, 1.165) is 0 Å². The van der Waals surface area contributed by atoms with Crippen LogP contribution in [0.2, 0.25) is 10.0 Å². The predicted molar refractivity (Wildman–Crippen MR) is 75.0 cm³/mol. The number of hydrogen-bond donors (Lipinski definition) is 1. The van der Waals surface area contributed by atoms with Gasteiger partial charge in [-0.25, -0.2) is 0 Å². The fourth-order valence-electron chi connectivity index (χ4n) is 1.95. The molecule has 4 nitrogen and oxygen atoms in total. The molecule has 19 heavy (non-hydrogen) atoms. The van der Waals surface area contributed by atoms with Gasteiger partial charge in [-0.15, -0.1) is 0 Å². The number of benzene rings is 1. The molecule has 1 aromatic heterocycles. The summed E-state index contributed by atoms with van der Waals surface area (Å²) in [5, 5.41) is 15.6. The van der Waals surface area contributed by atoms with Crippen LogP contribution in [0.5, 0.6) is 5.75 Å². The van der Waals surface area contributed by atoms with E-state index in [1.165, 1.54) is 7.11 Å². The Balaban J connectivity index is 2.48. The van der Waals surface area contributed by atoms with Crippen LogP contribution in [-0.2, 0) is 6.54 Å². The standard InChI is InChI=1S/C13H14Cl2N2O2/c1-3-17-12(11(19-2)7-16-17)13(18)8-4-9(14)6-10(15)5-8/h4-7,13,18H,3H2,1-2H3. The first-order valence-corrected chi connectivity index (χ1v) is 6.56. The average Bonchev–Trinajstić information content (AvgIpc) is 2.79. The first-order chi connectivity index (χ1) is 9.06.